The number of fused-ring (bicyclic) bond motifs is 1. The van der Waals surface area contributed by atoms with E-state index in [1.165, 1.54) is 6.08 Å². The lowest BCUT2D eigenvalue weighted by molar-refractivity contribution is -0.0125. The first-order valence-electron chi connectivity index (χ1n) is 8.54. The zero-order valence-electron chi connectivity index (χ0n) is 13.9. The summed E-state index contributed by atoms with van der Waals surface area (Å²) in [6.45, 7) is 0. The minimum Gasteiger partial charge on any atom is -0.196 e. The molecule has 0 aromatic carbocycles. The van der Waals surface area contributed by atoms with Crippen molar-refractivity contribution in [3.63, 3.8) is 0 Å². The van der Waals surface area contributed by atoms with Crippen LogP contribution in [-0.2, 0) is 0 Å². The Morgan fingerprint density at radius 3 is 2.09 bits per heavy atom. The summed E-state index contributed by atoms with van der Waals surface area (Å²) in [5.74, 6) is -3.28. The van der Waals surface area contributed by atoms with Crippen LogP contribution in [0.25, 0.3) is 0 Å². The molecule has 0 aromatic heterocycles. The summed E-state index contributed by atoms with van der Waals surface area (Å²) in [6, 6.07) is 7.91. The van der Waals surface area contributed by atoms with E-state index in [0.29, 0.717) is 0 Å². The van der Waals surface area contributed by atoms with E-state index in [2.05, 4.69) is 0 Å². The quantitative estimate of drug-likeness (QED) is 0.640. The molecule has 0 aromatic rings. The molecule has 5 rings (SSSR count). The highest BCUT2D eigenvalue weighted by Gasteiger charge is 2.74. The molecule has 106 valence electrons. The predicted molar refractivity (Wildman–Crippen MR) is 75.9 cm³/mol. The maximum absolute atomic E-state index is 9.82. The van der Waals surface area contributed by atoms with Crippen LogP contribution < -0.4 is 0 Å². The average Bonchev–Trinajstić information content (AvgIpc) is 2.61. The molecule has 5 aliphatic rings. The highest BCUT2D eigenvalue weighted by atomic mass is 14.7. The van der Waals surface area contributed by atoms with Gasteiger partial charge in [0.2, 0.25) is 0 Å². The fourth-order valence-corrected chi connectivity index (χ4v) is 4.95. The molecule has 0 heterocycles. The molecule has 0 saturated heterocycles. The monoisotopic (exact) mass is 288 g/mol. The number of hydrogen-bond donors (Lipinski definition) is 0. The van der Waals surface area contributed by atoms with Crippen molar-refractivity contribution >= 4 is 0 Å². The molecule has 22 heavy (non-hydrogen) atoms. The van der Waals surface area contributed by atoms with Gasteiger partial charge >= 0.3 is 0 Å². The van der Waals surface area contributed by atoms with Gasteiger partial charge in [-0.1, -0.05) is 23.3 Å². The first kappa shape index (κ1) is 11.1. The van der Waals surface area contributed by atoms with E-state index < -0.39 is 28.6 Å². The van der Waals surface area contributed by atoms with E-state index in [9.17, 15) is 21.0 Å². The first-order chi connectivity index (χ1) is 11.5. The third-order valence-electron chi connectivity index (χ3n) is 5.94. The van der Waals surface area contributed by atoms with Crippen LogP contribution in [0.15, 0.2) is 23.3 Å². The minimum atomic E-state index is -1.90. The van der Waals surface area contributed by atoms with Crippen LogP contribution in [0.4, 0.5) is 0 Å². The number of nitrogens with zero attached hydrogens (tertiary/aromatic N) is 4. The van der Waals surface area contributed by atoms with Gasteiger partial charge in [0.25, 0.3) is 0 Å². The third kappa shape index (κ3) is 1.07. The van der Waals surface area contributed by atoms with Crippen LogP contribution in [0.5, 0.6) is 0 Å². The van der Waals surface area contributed by atoms with Gasteiger partial charge in [0.1, 0.15) is 0 Å². The SMILES string of the molecule is [2H]C1=CC2C3([2H])C4=C(CCCC4)C3C1C(C#N)(C#N)C2(C#N)C#N. The summed E-state index contributed by atoms with van der Waals surface area (Å²) in [6.07, 6.45) is 5.10. The van der Waals surface area contributed by atoms with Crippen LogP contribution in [0.1, 0.15) is 28.4 Å². The van der Waals surface area contributed by atoms with Crippen LogP contribution in [0, 0.1) is 79.8 Å². The fraction of sp³-hybridized carbons (Fsp3) is 0.556. The largest absolute Gasteiger partial charge is 0.196 e. The maximum atomic E-state index is 9.82. The number of nitriles is 4. The zero-order valence-corrected chi connectivity index (χ0v) is 11.9. The summed E-state index contributed by atoms with van der Waals surface area (Å²) in [5, 5.41) is 39.3. The van der Waals surface area contributed by atoms with Crippen molar-refractivity contribution < 1.29 is 2.74 Å². The lowest BCUT2D eigenvalue weighted by atomic mass is 9.35. The lowest BCUT2D eigenvalue weighted by Crippen LogP contribution is -2.64. The van der Waals surface area contributed by atoms with Gasteiger partial charge in [0.05, 0.1) is 25.6 Å². The van der Waals surface area contributed by atoms with Gasteiger partial charge in [-0.15, -0.1) is 0 Å². The van der Waals surface area contributed by atoms with Gasteiger partial charge in [-0.3, -0.25) is 0 Å². The van der Waals surface area contributed by atoms with Crippen molar-refractivity contribution in [2.45, 2.75) is 25.7 Å². The van der Waals surface area contributed by atoms with E-state index in [0.717, 1.165) is 36.8 Å². The van der Waals surface area contributed by atoms with E-state index >= 15 is 0 Å². The Hall–Kier alpha value is -2.56. The van der Waals surface area contributed by atoms with Gasteiger partial charge in [0.15, 0.2) is 10.8 Å². The molecule has 0 spiro atoms. The standard InChI is InChI=1S/C18H14N4/c19-7-17(8-20)13-5-6-14(18(17,9-21)10-22)16-12-4-2-1-3-11(12)15(13)16/h5-6,13-16H,1-4H2/i5D,16D. The van der Waals surface area contributed by atoms with Crippen LogP contribution in [0.2, 0.25) is 0 Å². The third-order valence-corrected chi connectivity index (χ3v) is 5.94. The first-order valence-corrected chi connectivity index (χ1v) is 7.54. The van der Waals surface area contributed by atoms with Gasteiger partial charge in [-0.2, -0.15) is 21.0 Å². The van der Waals surface area contributed by atoms with Crippen molar-refractivity contribution in [3.05, 3.63) is 23.3 Å². The molecule has 0 amide bonds. The Morgan fingerprint density at radius 1 is 0.955 bits per heavy atom. The fourth-order valence-electron chi connectivity index (χ4n) is 4.95. The topological polar surface area (TPSA) is 95.2 Å². The maximum Gasteiger partial charge on any atom is 0.182 e. The van der Waals surface area contributed by atoms with Crippen molar-refractivity contribution in [2.75, 3.05) is 0 Å². The molecule has 0 aliphatic heterocycles. The molecular weight excluding hydrogens is 272 g/mol. The zero-order chi connectivity index (χ0) is 17.3. The van der Waals surface area contributed by atoms with E-state index in [1.807, 2.05) is 24.3 Å². The lowest BCUT2D eigenvalue weighted by Gasteiger charge is -2.63. The number of allylic oxidation sites excluding steroid dienone is 4. The summed E-state index contributed by atoms with van der Waals surface area (Å²) in [7, 11) is 0. The summed E-state index contributed by atoms with van der Waals surface area (Å²) in [5.41, 5.74) is -1.71. The van der Waals surface area contributed by atoms with Crippen molar-refractivity contribution in [3.8, 4) is 24.3 Å². The molecule has 4 atom stereocenters. The Balaban J connectivity index is 2.07. The molecule has 4 nitrogen and oxygen atoms in total. The Bertz CT molecular complexity index is 860. The van der Waals surface area contributed by atoms with Crippen LogP contribution in [0.3, 0.4) is 0 Å². The smallest absolute Gasteiger partial charge is 0.182 e. The van der Waals surface area contributed by atoms with E-state index in [-0.39, 0.29) is 12.0 Å². The second kappa shape index (κ2) is 4.00. The Kier molecular flexibility index (Phi) is 2.01. The highest BCUT2D eigenvalue weighted by molar-refractivity contribution is 5.53. The number of rotatable bonds is 0. The Labute approximate surface area is 132 Å². The van der Waals surface area contributed by atoms with Gasteiger partial charge in [0, 0.05) is 13.2 Å². The normalized spacial score (nSPS) is 43.5. The van der Waals surface area contributed by atoms with E-state index in [4.69, 9.17) is 2.74 Å². The summed E-state index contributed by atoms with van der Waals surface area (Å²) in [4.78, 5) is 0. The summed E-state index contributed by atoms with van der Waals surface area (Å²) < 4.78 is 17.4. The second-order valence-corrected chi connectivity index (χ2v) is 6.50. The molecule has 1 saturated carbocycles. The average molecular weight is 288 g/mol. The minimum absolute atomic E-state index is 0.134. The summed E-state index contributed by atoms with van der Waals surface area (Å²) >= 11 is 0. The number of hydrogen-bond acceptors (Lipinski definition) is 4. The van der Waals surface area contributed by atoms with Gasteiger partial charge in [-0.05, 0) is 37.5 Å². The van der Waals surface area contributed by atoms with Crippen molar-refractivity contribution in [1.29, 1.82) is 21.0 Å². The van der Waals surface area contributed by atoms with Crippen LogP contribution in [-0.4, -0.2) is 0 Å². The molecule has 4 unspecified atom stereocenters. The predicted octanol–water partition coefficient (Wildman–Crippen LogP) is 2.99. The second-order valence-electron chi connectivity index (χ2n) is 6.50. The molecule has 4 heteroatoms. The van der Waals surface area contributed by atoms with E-state index in [1.54, 1.807) is 0 Å². The molecular formula is C18H14N4. The molecule has 1 fully saturated rings. The Morgan fingerprint density at radius 2 is 1.50 bits per heavy atom. The molecule has 0 radical (unpaired) electrons. The van der Waals surface area contributed by atoms with Gasteiger partial charge < -0.3 is 0 Å². The van der Waals surface area contributed by atoms with Gasteiger partial charge in [-0.25, -0.2) is 0 Å². The van der Waals surface area contributed by atoms with Crippen molar-refractivity contribution in [1.82, 2.24) is 0 Å². The highest BCUT2D eigenvalue weighted by Crippen LogP contribution is 2.71. The molecule has 5 aliphatic carbocycles. The van der Waals surface area contributed by atoms with Crippen molar-refractivity contribution in [2.24, 2.45) is 34.5 Å². The van der Waals surface area contributed by atoms with Crippen LogP contribution >= 0.6 is 0 Å². The molecule has 0 N–H and O–H groups in total. The molecule has 2 bridgehead atoms.